The molecule has 0 aromatic carbocycles. The topological polar surface area (TPSA) is 80.0 Å². The molecule has 164 valence electrons. The fraction of sp³-hybridized carbons (Fsp3) is 0.435. The molecule has 4 aromatic rings. The largest absolute Gasteiger partial charge is 0.344 e. The van der Waals surface area contributed by atoms with Crippen LogP contribution in [0.15, 0.2) is 24.4 Å². The molecule has 2 aliphatic rings. The van der Waals surface area contributed by atoms with E-state index in [9.17, 15) is 4.79 Å². The second-order valence-corrected chi connectivity index (χ2v) is 9.53. The Hall–Kier alpha value is -3.07. The Morgan fingerprint density at radius 2 is 1.91 bits per heavy atom. The van der Waals surface area contributed by atoms with E-state index >= 15 is 0 Å². The molecule has 0 bridgehead atoms. The van der Waals surface area contributed by atoms with Crippen LogP contribution in [0, 0.1) is 6.92 Å². The van der Waals surface area contributed by atoms with Crippen molar-refractivity contribution in [2.24, 2.45) is 0 Å². The van der Waals surface area contributed by atoms with Gasteiger partial charge in [0.25, 0.3) is 5.91 Å². The van der Waals surface area contributed by atoms with Gasteiger partial charge in [-0.05, 0) is 38.0 Å². The first-order chi connectivity index (χ1) is 15.7. The number of hydrogen-bond acceptors (Lipinski definition) is 7. The number of amides is 1. The number of pyridine rings is 2. The average Bonchev–Trinajstić information content (AvgIpc) is 3.31. The van der Waals surface area contributed by atoms with Crippen LogP contribution in [0.25, 0.3) is 21.5 Å². The quantitative estimate of drug-likeness (QED) is 0.468. The van der Waals surface area contributed by atoms with Gasteiger partial charge in [-0.2, -0.15) is 0 Å². The van der Waals surface area contributed by atoms with E-state index in [0.717, 1.165) is 77.1 Å². The molecule has 9 heteroatoms. The summed E-state index contributed by atoms with van der Waals surface area (Å²) in [6, 6.07) is 5.81. The molecule has 1 amide bonds. The summed E-state index contributed by atoms with van der Waals surface area (Å²) in [5.74, 6) is 1.12. The monoisotopic (exact) mass is 447 g/mol. The Bertz CT molecular complexity index is 1290. The van der Waals surface area contributed by atoms with Gasteiger partial charge in [0.15, 0.2) is 10.8 Å². The van der Waals surface area contributed by atoms with E-state index in [1.807, 2.05) is 30.0 Å². The molecule has 0 atom stereocenters. The maximum Gasteiger partial charge on any atom is 0.256 e. The number of fused-ring (bicyclic) bond motifs is 4. The van der Waals surface area contributed by atoms with Crippen molar-refractivity contribution >= 4 is 43.9 Å². The zero-order valence-electron chi connectivity index (χ0n) is 18.1. The van der Waals surface area contributed by atoms with Gasteiger partial charge >= 0.3 is 0 Å². The summed E-state index contributed by atoms with van der Waals surface area (Å²) in [7, 11) is 0. The third kappa shape index (κ3) is 3.31. The van der Waals surface area contributed by atoms with Crippen LogP contribution in [0.5, 0.6) is 0 Å². The number of imidazole rings is 1. The fourth-order valence-electron chi connectivity index (χ4n) is 4.74. The molecular formula is C23H25N7OS. The maximum atomic E-state index is 13.5. The van der Waals surface area contributed by atoms with Crippen molar-refractivity contribution in [3.63, 3.8) is 0 Å². The van der Waals surface area contributed by atoms with Crippen LogP contribution in [0.1, 0.15) is 41.1 Å². The van der Waals surface area contributed by atoms with Crippen molar-refractivity contribution in [1.29, 1.82) is 0 Å². The van der Waals surface area contributed by atoms with Gasteiger partial charge in [0.05, 0.1) is 5.56 Å². The summed E-state index contributed by atoms with van der Waals surface area (Å²) in [5, 5.41) is 0.978. The molecule has 8 nitrogen and oxygen atoms in total. The second kappa shape index (κ2) is 7.81. The second-order valence-electron chi connectivity index (χ2n) is 8.58. The van der Waals surface area contributed by atoms with Gasteiger partial charge < -0.3 is 14.4 Å². The van der Waals surface area contributed by atoms with Crippen LogP contribution in [-0.2, 0) is 13.0 Å². The lowest BCUT2D eigenvalue weighted by Gasteiger charge is -2.34. The highest BCUT2D eigenvalue weighted by Crippen LogP contribution is 2.29. The smallest absolute Gasteiger partial charge is 0.256 e. The van der Waals surface area contributed by atoms with E-state index in [1.165, 1.54) is 6.42 Å². The molecule has 0 saturated carbocycles. The Morgan fingerprint density at radius 1 is 1.03 bits per heavy atom. The number of carbonyl (C=O) groups excluding carboxylic acids is 1. The summed E-state index contributed by atoms with van der Waals surface area (Å²) >= 11 is 1.61. The Morgan fingerprint density at radius 3 is 2.75 bits per heavy atom. The zero-order chi connectivity index (χ0) is 21.7. The summed E-state index contributed by atoms with van der Waals surface area (Å²) in [5.41, 5.74) is 4.11. The van der Waals surface area contributed by atoms with E-state index < -0.39 is 0 Å². The van der Waals surface area contributed by atoms with Gasteiger partial charge in [-0.15, -0.1) is 0 Å². The minimum absolute atomic E-state index is 0.0550. The summed E-state index contributed by atoms with van der Waals surface area (Å²) in [6.45, 7) is 5.76. The van der Waals surface area contributed by atoms with Gasteiger partial charge in [0.1, 0.15) is 21.7 Å². The molecule has 6 rings (SSSR count). The van der Waals surface area contributed by atoms with Crippen molar-refractivity contribution in [3.8, 4) is 0 Å². The van der Waals surface area contributed by atoms with Crippen molar-refractivity contribution in [2.45, 2.75) is 39.2 Å². The van der Waals surface area contributed by atoms with E-state index in [4.69, 9.17) is 15.0 Å². The number of nitrogens with zero attached hydrogens (tertiary/aromatic N) is 7. The van der Waals surface area contributed by atoms with Crippen LogP contribution in [0.4, 0.5) is 5.13 Å². The lowest BCUT2D eigenvalue weighted by Crippen LogP contribution is -2.48. The van der Waals surface area contributed by atoms with E-state index in [1.54, 1.807) is 17.5 Å². The molecule has 0 unspecified atom stereocenters. The summed E-state index contributed by atoms with van der Waals surface area (Å²) < 4.78 is 2.23. The Kier molecular flexibility index (Phi) is 4.78. The minimum atomic E-state index is 0.0550. The number of aryl methyl sites for hydroxylation is 3. The lowest BCUT2D eigenvalue weighted by atomic mass is 10.1. The van der Waals surface area contributed by atoms with Crippen molar-refractivity contribution < 1.29 is 4.79 Å². The molecule has 1 saturated heterocycles. The zero-order valence-corrected chi connectivity index (χ0v) is 18.9. The van der Waals surface area contributed by atoms with Crippen molar-refractivity contribution in [1.82, 2.24) is 29.4 Å². The summed E-state index contributed by atoms with van der Waals surface area (Å²) in [4.78, 5) is 37.5. The lowest BCUT2D eigenvalue weighted by molar-refractivity contribution is 0.0748. The van der Waals surface area contributed by atoms with Crippen LogP contribution in [-0.4, -0.2) is 61.5 Å². The molecular weight excluding hydrogens is 422 g/mol. The molecule has 0 aliphatic carbocycles. The van der Waals surface area contributed by atoms with E-state index in [0.29, 0.717) is 18.7 Å². The number of anilines is 1. The van der Waals surface area contributed by atoms with Gasteiger partial charge in [0.2, 0.25) is 0 Å². The number of rotatable bonds is 2. The van der Waals surface area contributed by atoms with Crippen LogP contribution in [0.3, 0.4) is 0 Å². The number of piperazine rings is 1. The van der Waals surface area contributed by atoms with E-state index in [-0.39, 0.29) is 5.91 Å². The van der Waals surface area contributed by atoms with Gasteiger partial charge in [-0.3, -0.25) is 4.79 Å². The third-order valence-electron chi connectivity index (χ3n) is 6.42. The molecule has 2 aliphatic heterocycles. The number of hydrogen-bond donors (Lipinski definition) is 0. The number of carbonyl (C=O) groups is 1. The van der Waals surface area contributed by atoms with Crippen molar-refractivity contribution in [2.75, 3.05) is 31.1 Å². The molecule has 32 heavy (non-hydrogen) atoms. The van der Waals surface area contributed by atoms with Crippen LogP contribution < -0.4 is 4.90 Å². The SMILES string of the molecule is Cc1cc(C(=O)N2CCN(c3nc4cccnc4s3)CC2)c2nc3n(c2n1)CCCCC3. The molecule has 0 spiro atoms. The van der Waals surface area contributed by atoms with Crippen LogP contribution in [0.2, 0.25) is 0 Å². The third-order valence-corrected chi connectivity index (χ3v) is 7.46. The highest BCUT2D eigenvalue weighted by atomic mass is 32.1. The molecule has 1 fully saturated rings. The van der Waals surface area contributed by atoms with Crippen molar-refractivity contribution in [3.05, 3.63) is 41.5 Å². The van der Waals surface area contributed by atoms with Gasteiger partial charge in [-0.25, -0.2) is 19.9 Å². The first-order valence-corrected chi connectivity index (χ1v) is 12.1. The minimum Gasteiger partial charge on any atom is -0.344 e. The average molecular weight is 448 g/mol. The Balaban J connectivity index is 1.25. The van der Waals surface area contributed by atoms with Gasteiger partial charge in [0, 0.05) is 51.0 Å². The van der Waals surface area contributed by atoms with Gasteiger partial charge in [-0.1, -0.05) is 17.8 Å². The molecule has 0 radical (unpaired) electrons. The predicted octanol–water partition coefficient (Wildman–Crippen LogP) is 3.43. The Labute approximate surface area is 189 Å². The first-order valence-electron chi connectivity index (χ1n) is 11.3. The molecule has 0 N–H and O–H groups in total. The van der Waals surface area contributed by atoms with E-state index in [2.05, 4.69) is 14.5 Å². The predicted molar refractivity (Wildman–Crippen MR) is 125 cm³/mol. The maximum absolute atomic E-state index is 13.5. The highest BCUT2D eigenvalue weighted by molar-refractivity contribution is 7.21. The molecule has 6 heterocycles. The summed E-state index contributed by atoms with van der Waals surface area (Å²) in [6.07, 6.45) is 6.26. The molecule has 4 aromatic heterocycles. The highest BCUT2D eigenvalue weighted by Gasteiger charge is 2.27. The van der Waals surface area contributed by atoms with Crippen LogP contribution >= 0.6 is 11.3 Å². The number of aromatic nitrogens is 5. The first kappa shape index (κ1) is 19.6. The normalized spacial score (nSPS) is 17.0. The fourth-order valence-corrected chi connectivity index (χ4v) is 5.70. The standard InChI is InChI=1S/C23H25N7OS/c1-15-14-16(19-20(25-15)30-9-4-2-3-7-18(30)27-19)22(31)28-10-12-29(13-11-28)23-26-17-6-5-8-24-21(17)32-23/h5-6,8,14H,2-4,7,9-13H2,1H3. The number of thiazole rings is 1.